The normalized spacial score (nSPS) is 13.6. The Balaban J connectivity index is 1.62. The summed E-state index contributed by atoms with van der Waals surface area (Å²) in [5.74, 6) is -1.49. The van der Waals surface area contributed by atoms with Gasteiger partial charge in [-0.3, -0.25) is 5.43 Å². The molecule has 3 rings (SSSR count). The maximum atomic E-state index is 12.4. The first kappa shape index (κ1) is 37.6. The van der Waals surface area contributed by atoms with E-state index in [0.717, 1.165) is 48.3 Å². The fourth-order valence-electron chi connectivity index (χ4n) is 3.59. The molecule has 17 heteroatoms. The zero-order valence-electron chi connectivity index (χ0n) is 25.7. The summed E-state index contributed by atoms with van der Waals surface area (Å²) < 4.78 is 87.4. The van der Waals surface area contributed by atoms with Crippen LogP contribution in [0.4, 0.5) is 37.7 Å². The number of hydrogen-bond acceptors (Lipinski definition) is 8. The number of thioether (sulfide) groups is 1. The summed E-state index contributed by atoms with van der Waals surface area (Å²) in [5, 5.41) is 4.44. The van der Waals surface area contributed by atoms with Crippen LogP contribution in [-0.4, -0.2) is 60.7 Å². The minimum absolute atomic E-state index is 0.129. The lowest BCUT2D eigenvalue weighted by atomic mass is 10.1. The number of amidine groups is 2. The van der Waals surface area contributed by atoms with Crippen molar-refractivity contribution in [2.75, 3.05) is 12.5 Å². The molecule has 0 bridgehead atoms. The van der Waals surface area contributed by atoms with E-state index in [2.05, 4.69) is 35.0 Å². The molecular weight excluding hydrogens is 666 g/mol. The number of ether oxygens (including phenoxy) is 3. The summed E-state index contributed by atoms with van der Waals surface area (Å²) in [7, 11) is 0. The molecule has 48 heavy (non-hydrogen) atoms. The maximum absolute atomic E-state index is 12.4. The Morgan fingerprint density at radius 1 is 0.979 bits per heavy atom. The first-order valence-electron chi connectivity index (χ1n) is 13.8. The lowest BCUT2D eigenvalue weighted by molar-refractivity contribution is -0.274. The second-order valence-corrected chi connectivity index (χ2v) is 10.7. The van der Waals surface area contributed by atoms with E-state index in [1.807, 2.05) is 32.0 Å². The van der Waals surface area contributed by atoms with Crippen LogP contribution in [0.25, 0.3) is 0 Å². The number of halogens is 6. The minimum atomic E-state index is -4.79. The molecule has 3 aromatic rings. The van der Waals surface area contributed by atoms with Gasteiger partial charge in [-0.15, -0.1) is 13.2 Å². The van der Waals surface area contributed by atoms with Crippen molar-refractivity contribution in [3.63, 3.8) is 0 Å². The van der Waals surface area contributed by atoms with E-state index in [-0.39, 0.29) is 22.7 Å². The van der Waals surface area contributed by atoms with E-state index >= 15 is 0 Å². The molecular formula is C31H30F6N6O4S. The van der Waals surface area contributed by atoms with E-state index in [0.29, 0.717) is 22.5 Å². The Morgan fingerprint density at radius 2 is 1.62 bits per heavy atom. The minimum Gasteiger partial charge on any atom is -0.452 e. The number of hydrogen-bond donors (Lipinski definition) is 2. The lowest BCUT2D eigenvalue weighted by Gasteiger charge is -2.14. The molecule has 0 saturated heterocycles. The van der Waals surface area contributed by atoms with E-state index in [1.165, 1.54) is 18.3 Å². The van der Waals surface area contributed by atoms with Crippen LogP contribution in [0, 0.1) is 13.8 Å². The number of nitrogens with zero attached hydrogens (tertiary/aromatic N) is 4. The number of nitrogens with two attached hydrogens (primary N) is 1. The SMILES string of the molecule is Cc1cccc(C)c1N=C(N/N=C/c1ccc(C(N)=NC=Nc2ccc(OC(F)(F)F)cc2)cc1)SCOC(=O)C(C)OCC(F)(F)F. The van der Waals surface area contributed by atoms with Crippen molar-refractivity contribution in [3.05, 3.63) is 89.0 Å². The predicted octanol–water partition coefficient (Wildman–Crippen LogP) is 7.08. The number of nitrogens with one attached hydrogen (secondary N) is 1. The van der Waals surface area contributed by atoms with Crippen LogP contribution in [0.15, 0.2) is 86.8 Å². The smallest absolute Gasteiger partial charge is 0.452 e. The first-order valence-corrected chi connectivity index (χ1v) is 14.8. The number of para-hydroxylation sites is 1. The maximum Gasteiger partial charge on any atom is 0.573 e. The highest BCUT2D eigenvalue weighted by Gasteiger charge is 2.31. The Hall–Kier alpha value is -4.90. The van der Waals surface area contributed by atoms with Crippen LogP contribution in [0.2, 0.25) is 0 Å². The number of rotatable bonds is 12. The molecule has 0 aliphatic rings. The standard InChI is InChI=1S/C31H30F6N6O4S/c1-19-5-4-6-20(2)26(19)42-29(48-18-46-28(44)21(3)45-16-30(32,33)34)43-41-15-22-7-9-23(10-8-22)27(38)40-17-39-24-11-13-25(14-12-24)47-31(35,36)37/h4-15,17,21H,16,18H2,1-3H3,(H,42,43)(H2,38,39,40)/b41-15+. The molecule has 0 fully saturated rings. The van der Waals surface area contributed by atoms with Gasteiger partial charge in [0, 0.05) is 5.56 Å². The molecule has 256 valence electrons. The Kier molecular flexibility index (Phi) is 13.5. The van der Waals surface area contributed by atoms with Gasteiger partial charge in [-0.1, -0.05) is 42.5 Å². The Morgan fingerprint density at radius 3 is 2.23 bits per heavy atom. The van der Waals surface area contributed by atoms with Crippen molar-refractivity contribution in [3.8, 4) is 5.75 Å². The van der Waals surface area contributed by atoms with Gasteiger partial charge in [0.15, 0.2) is 11.3 Å². The highest BCUT2D eigenvalue weighted by molar-refractivity contribution is 8.13. The van der Waals surface area contributed by atoms with Crippen LogP contribution in [0.5, 0.6) is 5.75 Å². The van der Waals surface area contributed by atoms with Crippen LogP contribution >= 0.6 is 11.8 Å². The van der Waals surface area contributed by atoms with Gasteiger partial charge in [-0.2, -0.15) is 18.3 Å². The highest BCUT2D eigenvalue weighted by atomic mass is 32.2. The third-order valence-corrected chi connectivity index (χ3v) is 6.62. The van der Waals surface area contributed by atoms with Crippen molar-refractivity contribution in [1.82, 2.24) is 5.43 Å². The number of hydrazone groups is 1. The lowest BCUT2D eigenvalue weighted by Crippen LogP contribution is -2.29. The van der Waals surface area contributed by atoms with Crippen LogP contribution < -0.4 is 15.9 Å². The monoisotopic (exact) mass is 696 g/mol. The van der Waals surface area contributed by atoms with Gasteiger partial charge in [-0.25, -0.2) is 19.8 Å². The van der Waals surface area contributed by atoms with Crippen LogP contribution in [0.1, 0.15) is 29.2 Å². The van der Waals surface area contributed by atoms with E-state index in [4.69, 9.17) is 10.5 Å². The Bertz CT molecular complexity index is 1620. The van der Waals surface area contributed by atoms with Gasteiger partial charge in [-0.05, 0) is 73.5 Å². The van der Waals surface area contributed by atoms with Crippen molar-refractivity contribution in [1.29, 1.82) is 0 Å². The topological polar surface area (TPSA) is 132 Å². The third kappa shape index (κ3) is 13.4. The molecule has 1 unspecified atom stereocenters. The molecule has 10 nitrogen and oxygen atoms in total. The number of carbonyl (C=O) groups excluding carboxylic acids is 1. The third-order valence-electron chi connectivity index (χ3n) is 5.93. The average molecular weight is 697 g/mol. The molecule has 0 saturated carbocycles. The van der Waals surface area contributed by atoms with Crippen molar-refractivity contribution in [2.24, 2.45) is 25.8 Å². The van der Waals surface area contributed by atoms with Gasteiger partial charge >= 0.3 is 18.5 Å². The van der Waals surface area contributed by atoms with Gasteiger partial charge < -0.3 is 19.9 Å². The fraction of sp³-hybridized carbons (Fsp3) is 0.258. The molecule has 0 aromatic heterocycles. The fourth-order valence-corrected chi connectivity index (χ4v) is 4.15. The van der Waals surface area contributed by atoms with Crippen LogP contribution in [0.3, 0.4) is 0 Å². The summed E-state index contributed by atoms with van der Waals surface area (Å²) in [6, 6.07) is 17.3. The number of aliphatic imine (C=N–C) groups is 3. The van der Waals surface area contributed by atoms with Gasteiger partial charge in [0.1, 0.15) is 30.5 Å². The molecule has 1 atom stereocenters. The van der Waals surface area contributed by atoms with Crippen molar-refractivity contribution in [2.45, 2.75) is 39.4 Å². The summed E-state index contributed by atoms with van der Waals surface area (Å²) >= 11 is 0.962. The van der Waals surface area contributed by atoms with E-state index < -0.39 is 31.2 Å². The zero-order chi connectivity index (χ0) is 35.3. The largest absolute Gasteiger partial charge is 0.573 e. The van der Waals surface area contributed by atoms with E-state index in [1.54, 1.807) is 24.3 Å². The molecule has 0 spiro atoms. The highest BCUT2D eigenvalue weighted by Crippen LogP contribution is 2.26. The predicted molar refractivity (Wildman–Crippen MR) is 172 cm³/mol. The summed E-state index contributed by atoms with van der Waals surface area (Å²) in [5.41, 5.74) is 12.8. The van der Waals surface area contributed by atoms with Crippen molar-refractivity contribution >= 4 is 52.7 Å². The molecule has 0 aliphatic heterocycles. The number of alkyl halides is 6. The number of carbonyl (C=O) groups is 1. The molecule has 0 heterocycles. The number of esters is 1. The molecule has 0 aliphatic carbocycles. The zero-order valence-corrected chi connectivity index (χ0v) is 26.5. The molecule has 0 amide bonds. The summed E-state index contributed by atoms with van der Waals surface area (Å²) in [4.78, 5) is 24.8. The summed E-state index contributed by atoms with van der Waals surface area (Å²) in [6.07, 6.45) is -8.14. The van der Waals surface area contributed by atoms with Crippen LogP contribution in [-0.2, 0) is 14.3 Å². The van der Waals surface area contributed by atoms with Gasteiger partial charge in [0.2, 0.25) is 0 Å². The Labute approximate surface area is 275 Å². The second kappa shape index (κ2) is 17.3. The molecule has 0 radical (unpaired) electrons. The van der Waals surface area contributed by atoms with Crippen molar-refractivity contribution < 1.29 is 45.3 Å². The summed E-state index contributed by atoms with van der Waals surface area (Å²) in [6.45, 7) is 3.32. The number of benzene rings is 3. The first-order chi connectivity index (χ1) is 22.6. The number of aryl methyl sites for hydroxylation is 2. The quantitative estimate of drug-likeness (QED) is 0.0517. The van der Waals surface area contributed by atoms with E-state index in [9.17, 15) is 31.1 Å². The molecule has 3 aromatic carbocycles. The second-order valence-electron chi connectivity index (χ2n) is 9.74. The van der Waals surface area contributed by atoms with Gasteiger partial charge in [0.05, 0.1) is 17.6 Å². The average Bonchev–Trinajstić information content (AvgIpc) is 3.01. The van der Waals surface area contributed by atoms with Gasteiger partial charge in [0.25, 0.3) is 0 Å². The molecule has 3 N–H and O–H groups in total.